The van der Waals surface area contributed by atoms with Gasteiger partial charge in [-0.2, -0.15) is 0 Å². The Morgan fingerprint density at radius 2 is 1.86 bits per heavy atom. The molecule has 2 aliphatic rings. The van der Waals surface area contributed by atoms with Gasteiger partial charge in [-0.15, -0.1) is 0 Å². The van der Waals surface area contributed by atoms with E-state index in [1.54, 1.807) is 12.1 Å². The van der Waals surface area contributed by atoms with Gasteiger partial charge in [0.1, 0.15) is 0 Å². The van der Waals surface area contributed by atoms with Crippen molar-refractivity contribution in [1.82, 2.24) is 0 Å². The molecule has 1 atom stereocenters. The summed E-state index contributed by atoms with van der Waals surface area (Å²) in [6.45, 7) is 0.222. The molecule has 108 valence electrons. The van der Waals surface area contributed by atoms with Crippen molar-refractivity contribution in [1.29, 1.82) is 0 Å². The number of hydrogen-bond acceptors (Lipinski definition) is 5. The molecule has 0 aliphatic carbocycles. The van der Waals surface area contributed by atoms with Crippen LogP contribution in [0.3, 0.4) is 0 Å². The van der Waals surface area contributed by atoms with Gasteiger partial charge in [-0.3, -0.25) is 0 Å². The number of rotatable bonds is 2. The molecule has 0 saturated heterocycles. The smallest absolute Gasteiger partial charge is 0.231 e. The molecular formula is C15H13NO4S. The van der Waals surface area contributed by atoms with Gasteiger partial charge in [-0.05, 0) is 23.8 Å². The van der Waals surface area contributed by atoms with Crippen molar-refractivity contribution in [3.63, 3.8) is 0 Å². The molecule has 0 fully saturated rings. The maximum absolute atomic E-state index is 12.2. The molecule has 2 aliphatic heterocycles. The minimum Gasteiger partial charge on any atom is -0.454 e. The van der Waals surface area contributed by atoms with E-state index in [4.69, 9.17) is 9.47 Å². The molecule has 0 amide bonds. The zero-order valence-electron chi connectivity index (χ0n) is 11.1. The van der Waals surface area contributed by atoms with Crippen molar-refractivity contribution in [3.05, 3.63) is 48.0 Å². The van der Waals surface area contributed by atoms with E-state index in [1.165, 1.54) is 0 Å². The fourth-order valence-electron chi connectivity index (χ4n) is 2.76. The topological polar surface area (TPSA) is 64.6 Å². The summed E-state index contributed by atoms with van der Waals surface area (Å²) in [5.41, 5.74) is 1.63. The monoisotopic (exact) mass is 303 g/mol. The SMILES string of the molecule is O=S1(=O)CC(Nc2ccc3c(c2)OCO3)c2ccccc21. The van der Waals surface area contributed by atoms with E-state index < -0.39 is 9.84 Å². The summed E-state index contributed by atoms with van der Waals surface area (Å²) < 4.78 is 34.9. The molecular weight excluding hydrogens is 290 g/mol. The molecule has 1 N–H and O–H groups in total. The fourth-order valence-corrected chi connectivity index (χ4v) is 4.49. The van der Waals surface area contributed by atoms with E-state index in [-0.39, 0.29) is 18.6 Å². The first kappa shape index (κ1) is 12.5. The molecule has 5 nitrogen and oxygen atoms in total. The van der Waals surface area contributed by atoms with Gasteiger partial charge in [-0.1, -0.05) is 18.2 Å². The van der Waals surface area contributed by atoms with Gasteiger partial charge in [0.25, 0.3) is 0 Å². The third-order valence-corrected chi connectivity index (χ3v) is 5.54. The van der Waals surface area contributed by atoms with Crippen molar-refractivity contribution in [2.75, 3.05) is 17.9 Å². The van der Waals surface area contributed by atoms with Crippen LogP contribution in [0.4, 0.5) is 5.69 Å². The molecule has 0 aromatic heterocycles. The molecule has 0 saturated carbocycles. The minimum atomic E-state index is -3.20. The highest BCUT2D eigenvalue weighted by Gasteiger charge is 2.34. The largest absolute Gasteiger partial charge is 0.454 e. The summed E-state index contributed by atoms with van der Waals surface area (Å²) in [6, 6.07) is 12.4. The Labute approximate surface area is 122 Å². The normalized spacial score (nSPS) is 21.0. The maximum Gasteiger partial charge on any atom is 0.231 e. The first-order chi connectivity index (χ1) is 10.1. The second-order valence-electron chi connectivity index (χ2n) is 5.08. The van der Waals surface area contributed by atoms with E-state index in [0.29, 0.717) is 16.4 Å². The summed E-state index contributed by atoms with van der Waals surface area (Å²) in [4.78, 5) is 0.420. The highest BCUT2D eigenvalue weighted by atomic mass is 32.2. The number of benzene rings is 2. The lowest BCUT2D eigenvalue weighted by molar-refractivity contribution is 0.174. The molecule has 1 unspecified atom stereocenters. The van der Waals surface area contributed by atoms with Crippen LogP contribution in [0, 0.1) is 0 Å². The van der Waals surface area contributed by atoms with Crippen molar-refractivity contribution in [2.24, 2.45) is 0 Å². The predicted molar refractivity (Wildman–Crippen MR) is 77.4 cm³/mol. The van der Waals surface area contributed by atoms with Crippen LogP contribution in [0.5, 0.6) is 11.5 Å². The zero-order valence-corrected chi connectivity index (χ0v) is 11.9. The van der Waals surface area contributed by atoms with Gasteiger partial charge < -0.3 is 14.8 Å². The van der Waals surface area contributed by atoms with Crippen molar-refractivity contribution < 1.29 is 17.9 Å². The third-order valence-electron chi connectivity index (χ3n) is 3.73. The fraction of sp³-hybridized carbons (Fsp3) is 0.200. The van der Waals surface area contributed by atoms with Gasteiger partial charge in [0.2, 0.25) is 6.79 Å². The van der Waals surface area contributed by atoms with Crippen LogP contribution < -0.4 is 14.8 Å². The Bertz CT molecular complexity index is 816. The van der Waals surface area contributed by atoms with Crippen LogP contribution in [0.15, 0.2) is 47.4 Å². The first-order valence-corrected chi connectivity index (χ1v) is 8.26. The number of hydrogen-bond donors (Lipinski definition) is 1. The van der Waals surface area contributed by atoms with E-state index >= 15 is 0 Å². The second-order valence-corrected chi connectivity index (χ2v) is 7.09. The van der Waals surface area contributed by atoms with Crippen LogP contribution in [-0.4, -0.2) is 21.0 Å². The van der Waals surface area contributed by atoms with Crippen LogP contribution in [0.2, 0.25) is 0 Å². The lowest BCUT2D eigenvalue weighted by Gasteiger charge is -2.14. The quantitative estimate of drug-likeness (QED) is 0.922. The maximum atomic E-state index is 12.2. The Morgan fingerprint density at radius 3 is 2.76 bits per heavy atom. The first-order valence-electron chi connectivity index (χ1n) is 6.61. The Morgan fingerprint density at radius 1 is 1.05 bits per heavy atom. The summed E-state index contributed by atoms with van der Waals surface area (Å²) in [5, 5.41) is 3.27. The van der Waals surface area contributed by atoms with Crippen molar-refractivity contribution >= 4 is 15.5 Å². The predicted octanol–water partition coefficient (Wildman–Crippen LogP) is 2.36. The number of anilines is 1. The van der Waals surface area contributed by atoms with Gasteiger partial charge in [-0.25, -0.2) is 8.42 Å². The van der Waals surface area contributed by atoms with Gasteiger partial charge >= 0.3 is 0 Å². The lowest BCUT2D eigenvalue weighted by atomic mass is 10.1. The molecule has 0 radical (unpaired) electrons. The molecule has 0 bridgehead atoms. The number of sulfone groups is 1. The van der Waals surface area contributed by atoms with Crippen molar-refractivity contribution in [2.45, 2.75) is 10.9 Å². The van der Waals surface area contributed by atoms with Gasteiger partial charge in [0.15, 0.2) is 21.3 Å². The van der Waals surface area contributed by atoms with E-state index in [1.807, 2.05) is 30.3 Å². The van der Waals surface area contributed by atoms with Crippen molar-refractivity contribution in [3.8, 4) is 11.5 Å². The van der Waals surface area contributed by atoms with Crippen LogP contribution in [0.25, 0.3) is 0 Å². The highest BCUT2D eigenvalue weighted by molar-refractivity contribution is 7.91. The third kappa shape index (κ3) is 2.03. The van der Waals surface area contributed by atoms with E-state index in [0.717, 1.165) is 11.3 Å². The average molecular weight is 303 g/mol. The summed E-state index contributed by atoms with van der Waals surface area (Å²) in [7, 11) is -3.20. The summed E-state index contributed by atoms with van der Waals surface area (Å²) in [6.07, 6.45) is 0. The van der Waals surface area contributed by atoms with E-state index in [9.17, 15) is 8.42 Å². The van der Waals surface area contributed by atoms with Crippen LogP contribution in [-0.2, 0) is 9.84 Å². The molecule has 4 rings (SSSR count). The van der Waals surface area contributed by atoms with Crippen LogP contribution >= 0.6 is 0 Å². The van der Waals surface area contributed by atoms with E-state index in [2.05, 4.69) is 5.32 Å². The second kappa shape index (κ2) is 4.39. The minimum absolute atomic E-state index is 0.0702. The lowest BCUT2D eigenvalue weighted by Crippen LogP contribution is -2.12. The Hall–Kier alpha value is -2.21. The Balaban J connectivity index is 1.67. The molecule has 0 spiro atoms. The standard InChI is InChI=1S/C15H13NO4S/c17-21(18)8-12(11-3-1-2-4-15(11)21)16-10-5-6-13-14(7-10)20-9-19-13/h1-7,12,16H,8-9H2. The molecule has 2 aromatic carbocycles. The average Bonchev–Trinajstić information content (AvgIpc) is 3.02. The number of fused-ring (bicyclic) bond motifs is 2. The summed E-state index contributed by atoms with van der Waals surface area (Å²) in [5.74, 6) is 1.45. The molecule has 2 aromatic rings. The van der Waals surface area contributed by atoms with Gasteiger partial charge in [0.05, 0.1) is 16.7 Å². The number of nitrogens with one attached hydrogen (secondary N) is 1. The molecule has 21 heavy (non-hydrogen) atoms. The summed E-state index contributed by atoms with van der Waals surface area (Å²) >= 11 is 0. The zero-order chi connectivity index (χ0) is 14.4. The highest BCUT2D eigenvalue weighted by Crippen LogP contribution is 2.38. The molecule has 6 heteroatoms. The Kier molecular flexibility index (Phi) is 2.62. The molecule has 2 heterocycles. The van der Waals surface area contributed by atoms with Gasteiger partial charge in [0, 0.05) is 11.8 Å². The van der Waals surface area contributed by atoms with Crippen LogP contribution in [0.1, 0.15) is 11.6 Å². The number of ether oxygens (including phenoxy) is 2.